The van der Waals surface area contributed by atoms with Crippen molar-refractivity contribution < 1.29 is 18.7 Å². The number of benzene rings is 2. The fraction of sp³-hybridized carbons (Fsp3) is 0.250. The van der Waals surface area contributed by atoms with E-state index in [1.165, 1.54) is 19.1 Å². The van der Waals surface area contributed by atoms with Crippen LogP contribution in [0.15, 0.2) is 42.5 Å². The van der Waals surface area contributed by atoms with Crippen molar-refractivity contribution in [2.24, 2.45) is 0 Å². The van der Waals surface area contributed by atoms with Crippen molar-refractivity contribution in [3.8, 4) is 11.5 Å². The Kier molecular flexibility index (Phi) is 6.55. The summed E-state index contributed by atoms with van der Waals surface area (Å²) in [4.78, 5) is 10.9. The second kappa shape index (κ2) is 8.87. The molecule has 2 aromatic rings. The molecule has 0 aliphatic heterocycles. The average molecular weight is 328 g/mol. The van der Waals surface area contributed by atoms with Gasteiger partial charge < -0.3 is 9.47 Å². The number of hydrogen-bond donors (Lipinski definition) is 0. The van der Waals surface area contributed by atoms with E-state index in [0.29, 0.717) is 18.1 Å². The highest BCUT2D eigenvalue weighted by molar-refractivity contribution is 5.72. The normalized spacial score (nSPS) is 10.8. The molecule has 0 spiro atoms. The first-order chi connectivity index (χ1) is 11.6. The number of unbranched alkanes of at least 4 members (excludes halogenated alkanes) is 1. The van der Waals surface area contributed by atoms with E-state index >= 15 is 0 Å². The van der Waals surface area contributed by atoms with Gasteiger partial charge in [-0.25, -0.2) is 4.39 Å². The van der Waals surface area contributed by atoms with E-state index in [0.717, 1.165) is 24.0 Å². The van der Waals surface area contributed by atoms with Gasteiger partial charge in [0.25, 0.3) is 0 Å². The fourth-order valence-electron chi connectivity index (χ4n) is 2.10. The Labute approximate surface area is 141 Å². The van der Waals surface area contributed by atoms with Gasteiger partial charge in [0.15, 0.2) is 0 Å². The molecular weight excluding hydrogens is 307 g/mol. The largest absolute Gasteiger partial charge is 0.493 e. The van der Waals surface area contributed by atoms with Gasteiger partial charge in [0.05, 0.1) is 6.61 Å². The molecule has 126 valence electrons. The number of ether oxygens (including phenoxy) is 2. The van der Waals surface area contributed by atoms with Crippen LogP contribution in [0.2, 0.25) is 0 Å². The van der Waals surface area contributed by atoms with Crippen LogP contribution in [0.4, 0.5) is 4.39 Å². The summed E-state index contributed by atoms with van der Waals surface area (Å²) in [6, 6.07) is 11.7. The summed E-state index contributed by atoms with van der Waals surface area (Å²) in [6.07, 6.45) is 5.65. The van der Waals surface area contributed by atoms with Crippen molar-refractivity contribution in [2.75, 3.05) is 6.61 Å². The summed E-state index contributed by atoms with van der Waals surface area (Å²) in [5.74, 6) is 0.354. The van der Waals surface area contributed by atoms with Crippen LogP contribution in [0.3, 0.4) is 0 Å². The zero-order valence-corrected chi connectivity index (χ0v) is 13.9. The summed E-state index contributed by atoms with van der Waals surface area (Å²) < 4.78 is 24.2. The summed E-state index contributed by atoms with van der Waals surface area (Å²) in [5, 5.41) is 0. The minimum Gasteiger partial charge on any atom is -0.493 e. The number of carbonyl (C=O) groups excluding carboxylic acids is 1. The van der Waals surface area contributed by atoms with Crippen molar-refractivity contribution in [3.63, 3.8) is 0 Å². The zero-order valence-electron chi connectivity index (χ0n) is 13.9. The highest BCUT2D eigenvalue weighted by Gasteiger charge is 2.01. The summed E-state index contributed by atoms with van der Waals surface area (Å²) in [6.45, 7) is 4.02. The Morgan fingerprint density at radius 1 is 1.04 bits per heavy atom. The lowest BCUT2D eigenvalue weighted by molar-refractivity contribution is -0.131. The molecule has 0 bridgehead atoms. The van der Waals surface area contributed by atoms with E-state index in [1.807, 2.05) is 30.4 Å². The van der Waals surface area contributed by atoms with Gasteiger partial charge in [-0.05, 0) is 41.8 Å². The van der Waals surface area contributed by atoms with Crippen LogP contribution in [0.1, 0.15) is 37.8 Å². The third kappa shape index (κ3) is 5.88. The maximum absolute atomic E-state index is 13.7. The molecular formula is C20H21FO3. The maximum atomic E-state index is 13.7. The third-order valence-corrected chi connectivity index (χ3v) is 3.27. The van der Waals surface area contributed by atoms with Gasteiger partial charge in [0.2, 0.25) is 0 Å². The lowest BCUT2D eigenvalue weighted by Gasteiger charge is -2.06. The molecule has 2 rings (SSSR count). The zero-order chi connectivity index (χ0) is 17.4. The van der Waals surface area contributed by atoms with Crippen LogP contribution in [-0.2, 0) is 4.79 Å². The van der Waals surface area contributed by atoms with Crippen molar-refractivity contribution >= 4 is 18.1 Å². The molecule has 0 aliphatic rings. The summed E-state index contributed by atoms with van der Waals surface area (Å²) in [5.41, 5.74) is 1.65. The number of carbonyl (C=O) groups is 1. The van der Waals surface area contributed by atoms with E-state index in [4.69, 9.17) is 9.47 Å². The fourth-order valence-corrected chi connectivity index (χ4v) is 2.10. The Morgan fingerprint density at radius 3 is 2.42 bits per heavy atom. The number of halogens is 1. The first-order valence-corrected chi connectivity index (χ1v) is 7.97. The Bertz CT molecular complexity index is 705. The topological polar surface area (TPSA) is 35.5 Å². The molecule has 0 saturated heterocycles. The molecule has 0 aromatic heterocycles. The van der Waals surface area contributed by atoms with E-state index in [2.05, 4.69) is 6.92 Å². The molecule has 24 heavy (non-hydrogen) atoms. The van der Waals surface area contributed by atoms with Crippen molar-refractivity contribution in [1.29, 1.82) is 0 Å². The van der Waals surface area contributed by atoms with Crippen LogP contribution in [0, 0.1) is 5.82 Å². The van der Waals surface area contributed by atoms with Crippen molar-refractivity contribution in [1.82, 2.24) is 0 Å². The standard InChI is InChI=1S/C20H21FO3/c1-3-4-11-23-20-13-17(12-18(21)14-20)6-5-16-7-9-19(10-8-16)24-15(2)22/h5-10,12-14H,3-4,11H2,1-2H3/b6-5+. The molecule has 0 N–H and O–H groups in total. The molecule has 0 heterocycles. The number of rotatable bonds is 7. The smallest absolute Gasteiger partial charge is 0.308 e. The highest BCUT2D eigenvalue weighted by Crippen LogP contribution is 2.20. The second-order valence-corrected chi connectivity index (χ2v) is 5.42. The third-order valence-electron chi connectivity index (χ3n) is 3.27. The molecule has 0 radical (unpaired) electrons. The predicted molar refractivity (Wildman–Crippen MR) is 93.5 cm³/mol. The Morgan fingerprint density at radius 2 is 1.75 bits per heavy atom. The van der Waals surface area contributed by atoms with Gasteiger partial charge in [0, 0.05) is 13.0 Å². The van der Waals surface area contributed by atoms with Crippen LogP contribution < -0.4 is 9.47 Å². The van der Waals surface area contributed by atoms with Crippen molar-refractivity contribution in [2.45, 2.75) is 26.7 Å². The van der Waals surface area contributed by atoms with E-state index in [-0.39, 0.29) is 11.8 Å². The SMILES string of the molecule is CCCCOc1cc(F)cc(/C=C/c2ccc(OC(C)=O)cc2)c1. The number of hydrogen-bond acceptors (Lipinski definition) is 3. The van der Waals surface area contributed by atoms with Gasteiger partial charge in [0.1, 0.15) is 17.3 Å². The van der Waals surface area contributed by atoms with Crippen molar-refractivity contribution in [3.05, 3.63) is 59.4 Å². The number of esters is 1. The Balaban J connectivity index is 2.06. The van der Waals surface area contributed by atoms with Gasteiger partial charge in [-0.15, -0.1) is 0 Å². The van der Waals surface area contributed by atoms with Crippen LogP contribution in [0.25, 0.3) is 12.2 Å². The summed E-state index contributed by atoms with van der Waals surface area (Å²) >= 11 is 0. The quantitative estimate of drug-likeness (QED) is 0.307. The molecule has 0 unspecified atom stereocenters. The Hall–Kier alpha value is -2.62. The van der Waals surface area contributed by atoms with E-state index in [9.17, 15) is 9.18 Å². The lowest BCUT2D eigenvalue weighted by atomic mass is 10.1. The first kappa shape index (κ1) is 17.7. The van der Waals surface area contributed by atoms with Gasteiger partial charge >= 0.3 is 5.97 Å². The molecule has 0 fully saturated rings. The maximum Gasteiger partial charge on any atom is 0.308 e. The molecule has 2 aromatic carbocycles. The van der Waals surface area contributed by atoms with Gasteiger partial charge in [-0.1, -0.05) is 37.6 Å². The lowest BCUT2D eigenvalue weighted by Crippen LogP contribution is -2.00. The van der Waals surface area contributed by atoms with E-state index in [1.54, 1.807) is 12.1 Å². The first-order valence-electron chi connectivity index (χ1n) is 7.97. The molecule has 0 saturated carbocycles. The highest BCUT2D eigenvalue weighted by atomic mass is 19.1. The molecule has 0 atom stereocenters. The van der Waals surface area contributed by atoms with Crippen LogP contribution >= 0.6 is 0 Å². The van der Waals surface area contributed by atoms with Gasteiger partial charge in [-0.2, -0.15) is 0 Å². The molecule has 3 nitrogen and oxygen atoms in total. The minimum atomic E-state index is -0.353. The molecule has 0 aliphatic carbocycles. The molecule has 4 heteroatoms. The summed E-state index contributed by atoms with van der Waals surface area (Å²) in [7, 11) is 0. The van der Waals surface area contributed by atoms with Crippen LogP contribution in [-0.4, -0.2) is 12.6 Å². The molecule has 0 amide bonds. The van der Waals surface area contributed by atoms with Crippen LogP contribution in [0.5, 0.6) is 11.5 Å². The van der Waals surface area contributed by atoms with Gasteiger partial charge in [-0.3, -0.25) is 4.79 Å². The minimum absolute atomic E-state index is 0.325. The second-order valence-electron chi connectivity index (χ2n) is 5.42. The average Bonchev–Trinajstić information content (AvgIpc) is 2.53. The van der Waals surface area contributed by atoms with E-state index < -0.39 is 0 Å². The predicted octanol–water partition coefficient (Wildman–Crippen LogP) is 5.10. The monoisotopic (exact) mass is 328 g/mol.